The Labute approximate surface area is 192 Å². The van der Waals surface area contributed by atoms with E-state index in [9.17, 15) is 0 Å². The molecule has 0 bridgehead atoms. The lowest BCUT2D eigenvalue weighted by molar-refractivity contribution is 0.415. The normalized spacial score (nSPS) is 16.2. The Morgan fingerprint density at radius 2 is 1.97 bits per heavy atom. The molecule has 5 heterocycles. The number of aromatic nitrogens is 4. The van der Waals surface area contributed by atoms with Crippen LogP contribution < -0.4 is 15.4 Å². The van der Waals surface area contributed by atoms with Gasteiger partial charge in [0.05, 0.1) is 18.3 Å². The van der Waals surface area contributed by atoms with E-state index in [1.165, 1.54) is 0 Å². The summed E-state index contributed by atoms with van der Waals surface area (Å²) in [6.45, 7) is 2.10. The van der Waals surface area contributed by atoms with Gasteiger partial charge < -0.3 is 15.4 Å². The van der Waals surface area contributed by atoms with Crippen molar-refractivity contribution in [3.8, 4) is 16.9 Å². The summed E-state index contributed by atoms with van der Waals surface area (Å²) in [4.78, 5) is 9.67. The third-order valence-electron chi connectivity index (χ3n) is 6.64. The van der Waals surface area contributed by atoms with Crippen molar-refractivity contribution in [3.63, 3.8) is 0 Å². The van der Waals surface area contributed by atoms with Crippen molar-refractivity contribution in [3.05, 3.63) is 71.7 Å². The Hall–Kier alpha value is -3.71. The fourth-order valence-electron chi connectivity index (χ4n) is 4.85. The molecule has 0 radical (unpaired) electrons. The molecule has 0 spiro atoms. The Morgan fingerprint density at radius 1 is 1.06 bits per heavy atom. The lowest BCUT2D eigenvalue weighted by atomic mass is 9.94. The van der Waals surface area contributed by atoms with Crippen molar-refractivity contribution in [2.75, 3.05) is 25.5 Å². The number of ether oxygens (including phenoxy) is 1. The van der Waals surface area contributed by atoms with Crippen LogP contribution in [-0.4, -0.2) is 40.4 Å². The number of benzene rings is 1. The molecule has 7 nitrogen and oxygen atoms in total. The predicted molar refractivity (Wildman–Crippen MR) is 130 cm³/mol. The minimum Gasteiger partial charge on any atom is -0.497 e. The minimum absolute atomic E-state index is 0.500. The van der Waals surface area contributed by atoms with Gasteiger partial charge in [0.1, 0.15) is 22.8 Å². The van der Waals surface area contributed by atoms with Gasteiger partial charge in [0.25, 0.3) is 0 Å². The van der Waals surface area contributed by atoms with E-state index >= 15 is 0 Å². The Morgan fingerprint density at radius 3 is 2.85 bits per heavy atom. The fourth-order valence-corrected chi connectivity index (χ4v) is 4.85. The zero-order valence-electron chi connectivity index (χ0n) is 18.6. The number of aromatic amines is 1. The molecule has 0 aliphatic carbocycles. The average Bonchev–Trinajstić information content (AvgIpc) is 3.32. The highest BCUT2D eigenvalue weighted by molar-refractivity contribution is 5.92. The smallest absolute Gasteiger partial charge is 0.134 e. The molecule has 166 valence electrons. The molecular weight excluding hydrogens is 412 g/mol. The summed E-state index contributed by atoms with van der Waals surface area (Å²) in [6, 6.07) is 14.4. The monoisotopic (exact) mass is 438 g/mol. The van der Waals surface area contributed by atoms with Crippen LogP contribution in [0.1, 0.15) is 35.7 Å². The fraction of sp³-hybridized carbons (Fsp3) is 0.269. The molecule has 0 atom stereocenters. The number of allylic oxidation sites excluding steroid dienone is 1. The molecule has 2 aliphatic rings. The molecule has 4 aromatic rings. The van der Waals surface area contributed by atoms with E-state index < -0.39 is 0 Å². The number of nitrogens with zero attached hydrogens (tertiary/aromatic N) is 3. The third kappa shape index (κ3) is 3.64. The van der Waals surface area contributed by atoms with Crippen LogP contribution in [0.5, 0.6) is 5.75 Å². The summed E-state index contributed by atoms with van der Waals surface area (Å²) in [6.07, 6.45) is 7.04. The molecule has 0 saturated carbocycles. The van der Waals surface area contributed by atoms with Crippen LogP contribution in [0.15, 0.2) is 54.7 Å². The maximum Gasteiger partial charge on any atom is 0.134 e. The van der Waals surface area contributed by atoms with Crippen LogP contribution in [0.2, 0.25) is 0 Å². The van der Waals surface area contributed by atoms with Crippen molar-refractivity contribution >= 4 is 22.5 Å². The number of piperidine rings is 1. The molecule has 1 saturated heterocycles. The summed E-state index contributed by atoms with van der Waals surface area (Å²) in [5.74, 6) is 2.20. The predicted octanol–water partition coefficient (Wildman–Crippen LogP) is 4.50. The number of H-pyrrole nitrogens is 1. The highest BCUT2D eigenvalue weighted by atomic mass is 16.5. The zero-order chi connectivity index (χ0) is 22.2. The number of anilines is 1. The summed E-state index contributed by atoms with van der Waals surface area (Å²) in [7, 11) is 1.69. The van der Waals surface area contributed by atoms with Gasteiger partial charge in [0.15, 0.2) is 0 Å². The highest BCUT2D eigenvalue weighted by Gasteiger charge is 2.22. The number of pyridine rings is 2. The van der Waals surface area contributed by atoms with Crippen LogP contribution in [0, 0.1) is 0 Å². The van der Waals surface area contributed by atoms with Crippen molar-refractivity contribution in [1.29, 1.82) is 0 Å². The first-order valence-corrected chi connectivity index (χ1v) is 11.5. The van der Waals surface area contributed by atoms with Gasteiger partial charge >= 0.3 is 0 Å². The second-order valence-corrected chi connectivity index (χ2v) is 8.59. The maximum atomic E-state index is 5.42. The van der Waals surface area contributed by atoms with Crippen LogP contribution in [0.3, 0.4) is 0 Å². The first-order chi connectivity index (χ1) is 16.3. The van der Waals surface area contributed by atoms with Gasteiger partial charge in [-0.25, -0.2) is 9.97 Å². The standard InChI is InChI=1S/C26H26N6O/c1-33-18-4-2-3-17(15-18)19-11-14-28-26-20(19)5-6-22(30-26)25-24-23(31-32-25)8-7-21(29-24)16-9-12-27-13-10-16/h2-4,6-8,11,14-16,27H,5,9-10,12-13H2,1H3,(H,28,30)(H,31,32). The molecule has 7 heteroatoms. The quantitative estimate of drug-likeness (QED) is 0.435. The molecule has 0 amide bonds. The van der Waals surface area contributed by atoms with E-state index in [-0.39, 0.29) is 0 Å². The molecule has 2 aliphatic heterocycles. The molecule has 3 aromatic heterocycles. The minimum atomic E-state index is 0.500. The second kappa shape index (κ2) is 8.33. The molecule has 6 rings (SSSR count). The number of fused-ring (bicyclic) bond motifs is 2. The second-order valence-electron chi connectivity index (χ2n) is 8.59. The molecular formula is C26H26N6O. The Bertz CT molecular complexity index is 1350. The number of rotatable bonds is 4. The van der Waals surface area contributed by atoms with Gasteiger partial charge in [-0.3, -0.25) is 5.10 Å². The van der Waals surface area contributed by atoms with Crippen molar-refractivity contribution in [2.45, 2.75) is 25.2 Å². The molecule has 0 unspecified atom stereocenters. The van der Waals surface area contributed by atoms with Crippen molar-refractivity contribution in [1.82, 2.24) is 25.5 Å². The van der Waals surface area contributed by atoms with Gasteiger partial charge in [-0.15, -0.1) is 0 Å². The van der Waals surface area contributed by atoms with E-state index in [1.807, 2.05) is 18.3 Å². The summed E-state index contributed by atoms with van der Waals surface area (Å²) in [5, 5.41) is 14.7. The maximum absolute atomic E-state index is 5.42. The van der Waals surface area contributed by atoms with Gasteiger partial charge in [0.2, 0.25) is 0 Å². The van der Waals surface area contributed by atoms with Crippen LogP contribution in [-0.2, 0) is 6.42 Å². The largest absolute Gasteiger partial charge is 0.497 e. The first-order valence-electron chi connectivity index (χ1n) is 11.5. The van der Waals surface area contributed by atoms with Gasteiger partial charge in [-0.1, -0.05) is 18.2 Å². The van der Waals surface area contributed by atoms with Gasteiger partial charge in [-0.2, -0.15) is 5.10 Å². The topological polar surface area (TPSA) is 87.8 Å². The summed E-state index contributed by atoms with van der Waals surface area (Å²) >= 11 is 0. The lowest BCUT2D eigenvalue weighted by Gasteiger charge is -2.22. The van der Waals surface area contributed by atoms with Crippen LogP contribution >= 0.6 is 0 Å². The zero-order valence-corrected chi connectivity index (χ0v) is 18.6. The highest BCUT2D eigenvalue weighted by Crippen LogP contribution is 2.36. The van der Waals surface area contributed by atoms with E-state index in [4.69, 9.17) is 9.72 Å². The molecule has 1 fully saturated rings. The number of hydrogen-bond donors (Lipinski definition) is 3. The number of methoxy groups -OCH3 is 1. The lowest BCUT2D eigenvalue weighted by Crippen LogP contribution is -2.27. The number of nitrogens with one attached hydrogen (secondary N) is 3. The van der Waals surface area contributed by atoms with E-state index in [0.717, 1.165) is 88.7 Å². The summed E-state index contributed by atoms with van der Waals surface area (Å²) in [5.41, 5.74) is 8.25. The summed E-state index contributed by atoms with van der Waals surface area (Å²) < 4.78 is 5.42. The Balaban J connectivity index is 1.34. The van der Waals surface area contributed by atoms with Crippen molar-refractivity contribution in [2.24, 2.45) is 0 Å². The van der Waals surface area contributed by atoms with Crippen LogP contribution in [0.25, 0.3) is 27.9 Å². The van der Waals surface area contributed by atoms with Crippen molar-refractivity contribution < 1.29 is 4.74 Å². The third-order valence-corrected chi connectivity index (χ3v) is 6.64. The van der Waals surface area contributed by atoms with Gasteiger partial charge in [-0.05, 0) is 73.8 Å². The van der Waals surface area contributed by atoms with Gasteiger partial charge in [0, 0.05) is 23.4 Å². The average molecular weight is 439 g/mol. The van der Waals surface area contributed by atoms with E-state index in [0.29, 0.717) is 5.92 Å². The SMILES string of the molecule is COc1cccc(-c2ccnc3c2CC=C(c2n[nH]c4ccc(C5CCNCC5)nc24)N3)c1. The number of hydrogen-bond acceptors (Lipinski definition) is 6. The van der Waals surface area contributed by atoms with E-state index in [2.05, 4.69) is 62.2 Å². The molecule has 3 N–H and O–H groups in total. The molecule has 33 heavy (non-hydrogen) atoms. The molecule has 1 aromatic carbocycles. The Kier molecular flexibility index (Phi) is 5.03. The first kappa shape index (κ1) is 19.9. The van der Waals surface area contributed by atoms with E-state index in [1.54, 1.807) is 7.11 Å². The van der Waals surface area contributed by atoms with Crippen LogP contribution in [0.4, 0.5) is 5.82 Å².